The summed E-state index contributed by atoms with van der Waals surface area (Å²) in [6.07, 6.45) is 14.2. The first-order chi connectivity index (χ1) is 9.83. The molecule has 0 amide bonds. The van der Waals surface area contributed by atoms with Crippen LogP contribution in [0.2, 0.25) is 0 Å². The van der Waals surface area contributed by atoms with E-state index in [1.54, 1.807) is 0 Å². The van der Waals surface area contributed by atoms with Gasteiger partial charge in [-0.25, -0.2) is 0 Å². The molecule has 2 aliphatic heterocycles. The molecule has 3 heteroatoms. The SMILES string of the molecule is C1CCC2(CC1)CCC(CNC1CCN(C3CC3)C1)O2. The molecule has 4 fully saturated rings. The lowest BCUT2D eigenvalue weighted by atomic mass is 9.83. The summed E-state index contributed by atoms with van der Waals surface area (Å²) in [6.45, 7) is 3.69. The molecule has 114 valence electrons. The highest BCUT2D eigenvalue weighted by Crippen LogP contribution is 2.41. The van der Waals surface area contributed by atoms with Gasteiger partial charge in [-0.1, -0.05) is 19.3 Å². The first-order valence-electron chi connectivity index (χ1n) is 8.98. The van der Waals surface area contributed by atoms with Crippen LogP contribution in [-0.2, 0) is 4.74 Å². The standard InChI is InChI=1S/C17H30N2O/c1-2-8-17(9-3-1)10-6-16(20-17)12-18-14-7-11-19(13-14)15-4-5-15/h14-16,18H,1-13H2. The lowest BCUT2D eigenvalue weighted by molar-refractivity contribution is -0.0628. The van der Waals surface area contributed by atoms with E-state index >= 15 is 0 Å². The molecule has 0 bridgehead atoms. The Hall–Kier alpha value is -0.120. The van der Waals surface area contributed by atoms with Crippen molar-refractivity contribution in [2.75, 3.05) is 19.6 Å². The van der Waals surface area contributed by atoms with Gasteiger partial charge in [0.1, 0.15) is 0 Å². The second-order valence-corrected chi connectivity index (χ2v) is 7.64. The molecule has 2 atom stereocenters. The first kappa shape index (κ1) is 13.5. The molecular weight excluding hydrogens is 248 g/mol. The second-order valence-electron chi connectivity index (χ2n) is 7.64. The molecule has 4 rings (SSSR count). The van der Waals surface area contributed by atoms with E-state index in [1.165, 1.54) is 77.3 Å². The molecule has 1 spiro atoms. The van der Waals surface area contributed by atoms with Crippen molar-refractivity contribution in [2.45, 2.75) is 88.0 Å². The Morgan fingerprint density at radius 3 is 2.65 bits per heavy atom. The lowest BCUT2D eigenvalue weighted by Crippen LogP contribution is -2.39. The Labute approximate surface area is 123 Å². The highest BCUT2D eigenvalue weighted by molar-refractivity contribution is 4.94. The first-order valence-corrected chi connectivity index (χ1v) is 8.98. The van der Waals surface area contributed by atoms with Gasteiger partial charge in [0.2, 0.25) is 0 Å². The average Bonchev–Trinajstić information content (AvgIpc) is 3.10. The van der Waals surface area contributed by atoms with Gasteiger partial charge in [0.25, 0.3) is 0 Å². The van der Waals surface area contributed by atoms with Crippen LogP contribution in [0.3, 0.4) is 0 Å². The highest BCUT2D eigenvalue weighted by atomic mass is 16.5. The molecule has 0 aromatic rings. The summed E-state index contributed by atoms with van der Waals surface area (Å²) in [5.41, 5.74) is 0.292. The van der Waals surface area contributed by atoms with Gasteiger partial charge in [-0.15, -0.1) is 0 Å². The summed E-state index contributed by atoms with van der Waals surface area (Å²) in [7, 11) is 0. The lowest BCUT2D eigenvalue weighted by Gasteiger charge is -2.33. The van der Waals surface area contributed by atoms with E-state index in [0.717, 1.165) is 18.6 Å². The molecule has 2 saturated carbocycles. The van der Waals surface area contributed by atoms with E-state index in [9.17, 15) is 0 Å². The molecule has 3 nitrogen and oxygen atoms in total. The minimum atomic E-state index is 0.292. The minimum absolute atomic E-state index is 0.292. The van der Waals surface area contributed by atoms with Crippen LogP contribution in [0.5, 0.6) is 0 Å². The molecule has 2 saturated heterocycles. The zero-order valence-electron chi connectivity index (χ0n) is 12.8. The highest BCUT2D eigenvalue weighted by Gasteiger charge is 2.41. The number of nitrogens with zero attached hydrogens (tertiary/aromatic N) is 1. The van der Waals surface area contributed by atoms with Crippen LogP contribution in [-0.4, -0.2) is 48.3 Å². The van der Waals surface area contributed by atoms with Gasteiger partial charge in [-0.2, -0.15) is 0 Å². The molecule has 4 aliphatic rings. The number of likely N-dealkylation sites (tertiary alicyclic amines) is 1. The predicted molar refractivity (Wildman–Crippen MR) is 80.9 cm³/mol. The van der Waals surface area contributed by atoms with Crippen LogP contribution in [0, 0.1) is 0 Å². The summed E-state index contributed by atoms with van der Waals surface area (Å²) >= 11 is 0. The van der Waals surface area contributed by atoms with Crippen LogP contribution in [0.15, 0.2) is 0 Å². The van der Waals surface area contributed by atoms with Gasteiger partial charge in [-0.3, -0.25) is 4.90 Å². The zero-order valence-corrected chi connectivity index (χ0v) is 12.8. The maximum Gasteiger partial charge on any atom is 0.0708 e. The third-order valence-corrected chi connectivity index (χ3v) is 6.02. The van der Waals surface area contributed by atoms with Crippen LogP contribution in [0.25, 0.3) is 0 Å². The molecule has 0 aromatic carbocycles. The van der Waals surface area contributed by atoms with Crippen molar-refractivity contribution in [1.29, 1.82) is 0 Å². The Kier molecular flexibility index (Phi) is 3.78. The van der Waals surface area contributed by atoms with Gasteiger partial charge in [0.05, 0.1) is 11.7 Å². The monoisotopic (exact) mass is 278 g/mol. The summed E-state index contributed by atoms with van der Waals surface area (Å²) < 4.78 is 6.46. The van der Waals surface area contributed by atoms with E-state index in [0.29, 0.717) is 11.7 Å². The van der Waals surface area contributed by atoms with Gasteiger partial charge >= 0.3 is 0 Å². The van der Waals surface area contributed by atoms with Crippen LogP contribution >= 0.6 is 0 Å². The largest absolute Gasteiger partial charge is 0.370 e. The number of hydrogen-bond acceptors (Lipinski definition) is 3. The molecule has 2 heterocycles. The molecule has 2 unspecified atom stereocenters. The summed E-state index contributed by atoms with van der Waals surface area (Å²) in [6, 6.07) is 1.66. The third kappa shape index (κ3) is 2.90. The maximum atomic E-state index is 6.46. The molecule has 2 aliphatic carbocycles. The van der Waals surface area contributed by atoms with Crippen LogP contribution in [0.4, 0.5) is 0 Å². The fourth-order valence-corrected chi connectivity index (χ4v) is 4.63. The maximum absolute atomic E-state index is 6.46. The Morgan fingerprint density at radius 2 is 1.85 bits per heavy atom. The number of ether oxygens (including phenoxy) is 1. The number of hydrogen-bond donors (Lipinski definition) is 1. The Morgan fingerprint density at radius 1 is 1.00 bits per heavy atom. The van der Waals surface area contributed by atoms with Gasteiger partial charge < -0.3 is 10.1 Å². The molecule has 0 radical (unpaired) electrons. The van der Waals surface area contributed by atoms with E-state index in [-0.39, 0.29) is 0 Å². The van der Waals surface area contributed by atoms with Crippen LogP contribution in [0.1, 0.15) is 64.2 Å². The van der Waals surface area contributed by atoms with E-state index < -0.39 is 0 Å². The van der Waals surface area contributed by atoms with Crippen molar-refractivity contribution < 1.29 is 4.74 Å². The quantitative estimate of drug-likeness (QED) is 0.856. The molecule has 0 aromatic heterocycles. The van der Waals surface area contributed by atoms with Crippen molar-refractivity contribution in [3.05, 3.63) is 0 Å². The van der Waals surface area contributed by atoms with E-state index in [4.69, 9.17) is 4.74 Å². The molecular formula is C17H30N2O. The van der Waals surface area contributed by atoms with Crippen molar-refractivity contribution in [2.24, 2.45) is 0 Å². The van der Waals surface area contributed by atoms with Crippen molar-refractivity contribution in [3.8, 4) is 0 Å². The molecule has 20 heavy (non-hydrogen) atoms. The third-order valence-electron chi connectivity index (χ3n) is 6.02. The smallest absolute Gasteiger partial charge is 0.0708 e. The predicted octanol–water partition coefficient (Wildman–Crippen LogP) is 2.69. The van der Waals surface area contributed by atoms with Crippen molar-refractivity contribution in [1.82, 2.24) is 10.2 Å². The Bertz CT molecular complexity index is 336. The van der Waals surface area contributed by atoms with Gasteiger partial charge in [0, 0.05) is 31.7 Å². The normalized spacial score (nSPS) is 37.8. The summed E-state index contributed by atoms with van der Waals surface area (Å²) in [4.78, 5) is 2.69. The topological polar surface area (TPSA) is 24.5 Å². The fraction of sp³-hybridized carbons (Fsp3) is 1.00. The molecule has 1 N–H and O–H groups in total. The Balaban J connectivity index is 1.20. The minimum Gasteiger partial charge on any atom is -0.370 e. The van der Waals surface area contributed by atoms with Crippen LogP contribution < -0.4 is 5.32 Å². The summed E-state index contributed by atoms with van der Waals surface area (Å²) in [5.74, 6) is 0. The van der Waals surface area contributed by atoms with Gasteiger partial charge in [0.15, 0.2) is 0 Å². The van der Waals surface area contributed by atoms with Gasteiger partial charge in [-0.05, 0) is 44.9 Å². The van der Waals surface area contributed by atoms with Crippen molar-refractivity contribution >= 4 is 0 Å². The van der Waals surface area contributed by atoms with Crippen molar-refractivity contribution in [3.63, 3.8) is 0 Å². The second kappa shape index (κ2) is 5.58. The number of nitrogens with one attached hydrogen (secondary N) is 1. The fourth-order valence-electron chi connectivity index (χ4n) is 4.63. The average molecular weight is 278 g/mol. The van der Waals surface area contributed by atoms with E-state index in [2.05, 4.69) is 10.2 Å². The summed E-state index contributed by atoms with van der Waals surface area (Å²) in [5, 5.41) is 3.79. The zero-order chi connectivity index (χ0) is 13.4. The van der Waals surface area contributed by atoms with E-state index in [1.807, 2.05) is 0 Å². The number of rotatable bonds is 4.